The van der Waals surface area contributed by atoms with Crippen molar-refractivity contribution in [2.24, 2.45) is 0 Å². The second-order valence-corrected chi connectivity index (χ2v) is 2.41. The summed E-state index contributed by atoms with van der Waals surface area (Å²) in [5.41, 5.74) is 2.64. The van der Waals surface area contributed by atoms with E-state index < -0.39 is 0 Å². The molecule has 0 aliphatic carbocycles. The molecule has 0 radical (unpaired) electrons. The van der Waals surface area contributed by atoms with Crippen LogP contribution in [0.25, 0.3) is 0 Å². The van der Waals surface area contributed by atoms with Crippen molar-refractivity contribution in [3.8, 4) is 0 Å². The molecule has 0 aliphatic heterocycles. The van der Waals surface area contributed by atoms with Gasteiger partial charge in [0.25, 0.3) is 0 Å². The first-order valence-corrected chi connectivity index (χ1v) is 3.87. The summed E-state index contributed by atoms with van der Waals surface area (Å²) in [6.45, 7) is 4.32. The van der Waals surface area contributed by atoms with Gasteiger partial charge in [0, 0.05) is 0 Å². The van der Waals surface area contributed by atoms with Crippen molar-refractivity contribution in [2.75, 3.05) is 0 Å². The van der Waals surface area contributed by atoms with E-state index in [1.807, 2.05) is 0 Å². The van der Waals surface area contributed by atoms with Gasteiger partial charge in [-0.3, -0.25) is 0 Å². The summed E-state index contributed by atoms with van der Waals surface area (Å²) in [6, 6.07) is 9.70. The molecule has 1 aromatic carbocycles. The van der Waals surface area contributed by atoms with Crippen LogP contribution >= 0.6 is 0 Å². The van der Waals surface area contributed by atoms with E-state index in [-0.39, 0.29) is 40.0 Å². The molecule has 0 saturated heterocycles. The second-order valence-electron chi connectivity index (χ2n) is 2.41. The van der Waals surface area contributed by atoms with Gasteiger partial charge in [-0.25, -0.2) is 0 Å². The minimum absolute atomic E-state index is 0. The molecule has 0 spiro atoms. The third kappa shape index (κ3) is 4.48. The molecule has 62 valence electrons. The van der Waals surface area contributed by atoms with Gasteiger partial charge < -0.3 is 17.0 Å². The number of halogens is 1. The van der Waals surface area contributed by atoms with E-state index in [2.05, 4.69) is 38.1 Å². The zero-order valence-corrected chi connectivity index (χ0v) is 10.7. The Morgan fingerprint density at radius 1 is 1.08 bits per heavy atom. The first kappa shape index (κ1) is 15.0. The number of rotatable bonds is 2. The molecule has 1 aromatic rings. The Hall–Kier alpha value is 0.466. The van der Waals surface area contributed by atoms with Crippen LogP contribution in [0.4, 0.5) is 0 Å². The average molecular weight is 237 g/mol. The summed E-state index contributed by atoms with van der Waals surface area (Å²) in [4.78, 5) is 0. The van der Waals surface area contributed by atoms with Gasteiger partial charge in [0.2, 0.25) is 0 Å². The average Bonchev–Trinajstić information content (AvgIpc) is 2.05. The van der Waals surface area contributed by atoms with Crippen molar-refractivity contribution in [3.63, 3.8) is 0 Å². The molecule has 0 saturated carbocycles. The first-order valence-electron chi connectivity index (χ1n) is 3.87. The summed E-state index contributed by atoms with van der Waals surface area (Å²) in [6.07, 6.45) is 2.18. The maximum Gasteiger partial charge on any atom is 2.00 e. The number of benzene rings is 1. The summed E-state index contributed by atoms with van der Waals surface area (Å²) in [5, 5.41) is 0. The molecule has 0 unspecified atom stereocenters. The van der Waals surface area contributed by atoms with Crippen LogP contribution in [0.5, 0.6) is 0 Å². The Bertz CT molecular complexity index is 191. The van der Waals surface area contributed by atoms with Crippen molar-refractivity contribution >= 4 is 23.1 Å². The van der Waals surface area contributed by atoms with Gasteiger partial charge in [0.05, 0.1) is 0 Å². The molecule has 0 bridgehead atoms. The first-order chi connectivity index (χ1) is 4.86. The van der Waals surface area contributed by atoms with E-state index in [1.165, 1.54) is 11.1 Å². The van der Waals surface area contributed by atoms with Crippen molar-refractivity contribution < 1.29 is 17.0 Å². The smallest absolute Gasteiger partial charge is 1.00 e. The largest absolute Gasteiger partial charge is 2.00 e. The summed E-state index contributed by atoms with van der Waals surface area (Å²) >= 11 is 0. The van der Waals surface area contributed by atoms with Crippen LogP contribution in [0.15, 0.2) is 18.2 Å². The fourth-order valence-corrected chi connectivity index (χ4v) is 0.982. The summed E-state index contributed by atoms with van der Waals surface area (Å²) in [5.74, 6) is 0. The Labute approximate surface area is 102 Å². The van der Waals surface area contributed by atoms with Crippen LogP contribution in [0.2, 0.25) is 0 Å². The van der Waals surface area contributed by atoms with Crippen molar-refractivity contribution in [2.45, 2.75) is 26.7 Å². The minimum atomic E-state index is 0. The Kier molecular flexibility index (Phi) is 10.1. The van der Waals surface area contributed by atoms with Gasteiger partial charge in [-0.05, 0) is 0 Å². The van der Waals surface area contributed by atoms with Crippen LogP contribution in [0.1, 0.15) is 25.0 Å². The van der Waals surface area contributed by atoms with Gasteiger partial charge in [-0.15, -0.1) is 0 Å². The molecule has 0 nitrogen and oxygen atoms in total. The molecule has 0 aliphatic rings. The molecule has 0 heterocycles. The molecule has 12 heavy (non-hydrogen) atoms. The van der Waals surface area contributed by atoms with Crippen molar-refractivity contribution in [3.05, 3.63) is 35.4 Å². The predicted octanol–water partition coefficient (Wildman–Crippen LogP) is -0.765. The Balaban J connectivity index is 0. The fraction of sp³-hybridized carbons (Fsp3) is 0.400. The number of aryl methyl sites for hydroxylation is 2. The quantitative estimate of drug-likeness (QED) is 0.468. The predicted molar refractivity (Wildman–Crippen MR) is 49.8 cm³/mol. The molecule has 0 atom stereocenters. The fourth-order valence-electron chi connectivity index (χ4n) is 0.982. The van der Waals surface area contributed by atoms with E-state index in [4.69, 9.17) is 0 Å². The molecule has 0 aromatic heterocycles. The number of hydrogen-bond acceptors (Lipinski definition) is 0. The Morgan fingerprint density at radius 3 is 1.83 bits per heavy atom. The SMILES string of the molecule is CCc1[c-]c(CC)ccc1.[Br-].[Mg+2]. The molecule has 0 N–H and O–H groups in total. The van der Waals surface area contributed by atoms with Gasteiger partial charge in [-0.2, -0.15) is 35.4 Å². The Morgan fingerprint density at radius 2 is 1.50 bits per heavy atom. The third-order valence-electron chi connectivity index (χ3n) is 1.68. The van der Waals surface area contributed by atoms with E-state index >= 15 is 0 Å². The molecule has 2 heteroatoms. The number of hydrogen-bond donors (Lipinski definition) is 0. The topological polar surface area (TPSA) is 0 Å². The third-order valence-corrected chi connectivity index (χ3v) is 1.68. The maximum absolute atomic E-state index is 3.34. The van der Waals surface area contributed by atoms with Crippen LogP contribution in [0.3, 0.4) is 0 Å². The van der Waals surface area contributed by atoms with Gasteiger partial charge >= 0.3 is 23.1 Å². The van der Waals surface area contributed by atoms with Gasteiger partial charge in [0.1, 0.15) is 0 Å². The molecular formula is C10H13BrMg. The second kappa shape index (κ2) is 8.08. The summed E-state index contributed by atoms with van der Waals surface area (Å²) in [7, 11) is 0. The van der Waals surface area contributed by atoms with E-state index in [0.29, 0.717) is 0 Å². The minimum Gasteiger partial charge on any atom is -1.00 e. The van der Waals surface area contributed by atoms with Crippen LogP contribution in [-0.2, 0) is 12.8 Å². The standard InChI is InChI=1S/C10H13.BrH.Mg/c1-3-9-6-5-7-10(4-2)8-9;;/h5-7H,3-4H2,1-2H3;1H;/q-1;;+2/p-1. The maximum atomic E-state index is 3.34. The molecule has 0 fully saturated rings. The normalized spacial score (nSPS) is 8.17. The monoisotopic (exact) mass is 236 g/mol. The van der Waals surface area contributed by atoms with Gasteiger partial charge in [-0.1, -0.05) is 26.7 Å². The van der Waals surface area contributed by atoms with Gasteiger partial charge in [0.15, 0.2) is 0 Å². The van der Waals surface area contributed by atoms with Crippen molar-refractivity contribution in [1.82, 2.24) is 0 Å². The molecule has 1 rings (SSSR count). The molecule has 0 amide bonds. The summed E-state index contributed by atoms with van der Waals surface area (Å²) < 4.78 is 0. The zero-order chi connectivity index (χ0) is 7.40. The van der Waals surface area contributed by atoms with Crippen molar-refractivity contribution in [1.29, 1.82) is 0 Å². The van der Waals surface area contributed by atoms with E-state index in [9.17, 15) is 0 Å². The van der Waals surface area contributed by atoms with E-state index in [1.54, 1.807) is 0 Å². The van der Waals surface area contributed by atoms with E-state index in [0.717, 1.165) is 12.8 Å². The zero-order valence-electron chi connectivity index (χ0n) is 7.73. The van der Waals surface area contributed by atoms with Crippen LogP contribution < -0.4 is 17.0 Å². The van der Waals surface area contributed by atoms with Crippen LogP contribution in [-0.4, -0.2) is 23.1 Å². The molecular weight excluding hydrogens is 224 g/mol. The van der Waals surface area contributed by atoms with Crippen LogP contribution in [0, 0.1) is 6.07 Å².